The van der Waals surface area contributed by atoms with Gasteiger partial charge in [0.2, 0.25) is 0 Å². The minimum Gasteiger partial charge on any atom is -0.452 e. The summed E-state index contributed by atoms with van der Waals surface area (Å²) in [5.74, 6) is -0.163. The van der Waals surface area contributed by atoms with Crippen LogP contribution in [0.4, 0.5) is 4.39 Å². The van der Waals surface area contributed by atoms with E-state index >= 15 is 0 Å². The Morgan fingerprint density at radius 3 is 3.00 bits per heavy atom. The fourth-order valence-corrected chi connectivity index (χ4v) is 1.24. The average Bonchev–Trinajstić information content (AvgIpc) is 2.25. The zero-order valence-corrected chi connectivity index (χ0v) is 8.53. The SMILES string of the molecule is Cc1cccc(Oc2cn[nH]c(=O)c2)c1F. The second-order valence-electron chi connectivity index (χ2n) is 3.27. The highest BCUT2D eigenvalue weighted by molar-refractivity contribution is 5.33. The van der Waals surface area contributed by atoms with Crippen molar-refractivity contribution in [2.75, 3.05) is 0 Å². The summed E-state index contributed by atoms with van der Waals surface area (Å²) in [6.07, 6.45) is 1.31. The fraction of sp³-hybridized carbons (Fsp3) is 0.0909. The topological polar surface area (TPSA) is 55.0 Å². The summed E-state index contributed by atoms with van der Waals surface area (Å²) in [5.41, 5.74) is 0.0841. The summed E-state index contributed by atoms with van der Waals surface area (Å²) in [5, 5.41) is 5.75. The van der Waals surface area contributed by atoms with Crippen molar-refractivity contribution >= 4 is 0 Å². The fourth-order valence-electron chi connectivity index (χ4n) is 1.24. The highest BCUT2D eigenvalue weighted by Gasteiger charge is 2.07. The van der Waals surface area contributed by atoms with E-state index in [9.17, 15) is 9.18 Å². The van der Waals surface area contributed by atoms with Crippen molar-refractivity contribution in [1.29, 1.82) is 0 Å². The van der Waals surface area contributed by atoms with Gasteiger partial charge >= 0.3 is 0 Å². The van der Waals surface area contributed by atoms with Gasteiger partial charge in [-0.2, -0.15) is 5.10 Å². The Morgan fingerprint density at radius 2 is 2.25 bits per heavy atom. The Hall–Kier alpha value is -2.17. The smallest absolute Gasteiger partial charge is 0.267 e. The molecule has 0 unspecified atom stereocenters. The van der Waals surface area contributed by atoms with Gasteiger partial charge in [0, 0.05) is 6.07 Å². The molecule has 0 aliphatic heterocycles. The number of rotatable bonds is 2. The maximum absolute atomic E-state index is 13.6. The lowest BCUT2D eigenvalue weighted by Gasteiger charge is -2.06. The number of ether oxygens (including phenoxy) is 1. The van der Waals surface area contributed by atoms with Gasteiger partial charge in [0.1, 0.15) is 0 Å². The second-order valence-corrected chi connectivity index (χ2v) is 3.27. The molecule has 1 aromatic heterocycles. The van der Waals surface area contributed by atoms with E-state index in [2.05, 4.69) is 10.2 Å². The van der Waals surface area contributed by atoms with Crippen molar-refractivity contribution in [3.8, 4) is 11.5 Å². The Balaban J connectivity index is 2.34. The van der Waals surface area contributed by atoms with E-state index < -0.39 is 11.4 Å². The van der Waals surface area contributed by atoms with Crippen LogP contribution in [0, 0.1) is 12.7 Å². The van der Waals surface area contributed by atoms with Gasteiger partial charge in [-0.25, -0.2) is 9.49 Å². The number of hydrogen-bond acceptors (Lipinski definition) is 3. The van der Waals surface area contributed by atoms with Crippen molar-refractivity contribution in [2.45, 2.75) is 6.92 Å². The quantitative estimate of drug-likeness (QED) is 0.842. The number of nitrogens with zero attached hydrogens (tertiary/aromatic N) is 1. The number of aromatic amines is 1. The number of hydrogen-bond donors (Lipinski definition) is 1. The summed E-state index contributed by atoms with van der Waals surface area (Å²) in [6.45, 7) is 1.64. The van der Waals surface area contributed by atoms with Gasteiger partial charge in [0.15, 0.2) is 17.3 Å². The monoisotopic (exact) mass is 220 g/mol. The molecule has 0 atom stereocenters. The number of nitrogens with one attached hydrogen (secondary N) is 1. The first-order valence-electron chi connectivity index (χ1n) is 4.64. The third kappa shape index (κ3) is 2.08. The van der Waals surface area contributed by atoms with Crippen LogP contribution >= 0.6 is 0 Å². The minimum atomic E-state index is -0.442. The standard InChI is InChI=1S/C11H9FN2O2/c1-7-3-2-4-9(11(7)12)16-8-5-10(15)14-13-6-8/h2-6H,1H3,(H,14,15). The highest BCUT2D eigenvalue weighted by atomic mass is 19.1. The zero-order chi connectivity index (χ0) is 11.5. The van der Waals surface area contributed by atoms with Crippen LogP contribution in [0.25, 0.3) is 0 Å². The molecule has 0 radical (unpaired) electrons. The maximum Gasteiger partial charge on any atom is 0.267 e. The average molecular weight is 220 g/mol. The van der Waals surface area contributed by atoms with Crippen LogP contribution in [0.15, 0.2) is 35.3 Å². The molecule has 0 aliphatic rings. The third-order valence-corrected chi connectivity index (χ3v) is 2.02. The van der Waals surface area contributed by atoms with Gasteiger partial charge in [-0.3, -0.25) is 4.79 Å². The summed E-state index contributed by atoms with van der Waals surface area (Å²) < 4.78 is 18.8. The van der Waals surface area contributed by atoms with Crippen LogP contribution in [-0.4, -0.2) is 10.2 Å². The normalized spacial score (nSPS) is 10.1. The maximum atomic E-state index is 13.6. The van der Waals surface area contributed by atoms with E-state index in [0.717, 1.165) is 0 Å². The summed E-state index contributed by atoms with van der Waals surface area (Å²) in [4.78, 5) is 10.9. The number of aryl methyl sites for hydroxylation is 1. The van der Waals surface area contributed by atoms with Crippen molar-refractivity contribution in [3.63, 3.8) is 0 Å². The molecule has 4 nitrogen and oxygen atoms in total. The molecule has 0 aliphatic carbocycles. The molecule has 0 spiro atoms. The Morgan fingerprint density at radius 1 is 1.44 bits per heavy atom. The van der Waals surface area contributed by atoms with Gasteiger partial charge in [-0.1, -0.05) is 12.1 Å². The lowest BCUT2D eigenvalue weighted by atomic mass is 10.2. The first-order valence-corrected chi connectivity index (χ1v) is 4.64. The van der Waals surface area contributed by atoms with Gasteiger partial charge in [-0.15, -0.1) is 0 Å². The van der Waals surface area contributed by atoms with Crippen molar-refractivity contribution in [1.82, 2.24) is 10.2 Å². The molecule has 82 valence electrons. The van der Waals surface area contributed by atoms with Crippen LogP contribution in [0.1, 0.15) is 5.56 Å². The van der Waals surface area contributed by atoms with Crippen molar-refractivity contribution < 1.29 is 9.13 Å². The van der Waals surface area contributed by atoms with Gasteiger partial charge in [0.05, 0.1) is 6.20 Å². The van der Waals surface area contributed by atoms with Crippen LogP contribution < -0.4 is 10.3 Å². The second kappa shape index (κ2) is 4.14. The zero-order valence-electron chi connectivity index (χ0n) is 8.53. The summed E-state index contributed by atoms with van der Waals surface area (Å²) >= 11 is 0. The number of halogens is 1. The third-order valence-electron chi connectivity index (χ3n) is 2.02. The van der Waals surface area contributed by atoms with E-state index in [1.165, 1.54) is 18.3 Å². The van der Waals surface area contributed by atoms with Crippen LogP contribution in [-0.2, 0) is 0 Å². The van der Waals surface area contributed by atoms with Gasteiger partial charge in [-0.05, 0) is 18.6 Å². The Kier molecular flexibility index (Phi) is 2.68. The first kappa shape index (κ1) is 10.4. The molecule has 0 fully saturated rings. The van der Waals surface area contributed by atoms with E-state index in [1.807, 2.05) is 0 Å². The van der Waals surface area contributed by atoms with Crippen LogP contribution in [0.5, 0.6) is 11.5 Å². The molecule has 5 heteroatoms. The Bertz CT molecular complexity index is 566. The predicted molar refractivity (Wildman–Crippen MR) is 56.1 cm³/mol. The van der Waals surface area contributed by atoms with Gasteiger partial charge in [0.25, 0.3) is 5.56 Å². The molecule has 1 aromatic carbocycles. The lowest BCUT2D eigenvalue weighted by molar-refractivity contribution is 0.436. The molecule has 0 saturated heterocycles. The molecular weight excluding hydrogens is 211 g/mol. The molecule has 0 saturated carbocycles. The Labute approximate surface area is 90.7 Å². The van der Waals surface area contributed by atoms with E-state index in [0.29, 0.717) is 5.56 Å². The number of H-pyrrole nitrogens is 1. The molecule has 1 heterocycles. The molecule has 0 bridgehead atoms. The summed E-state index contributed by atoms with van der Waals surface area (Å²) in [6, 6.07) is 6.00. The molecule has 2 rings (SSSR count). The molecule has 2 aromatic rings. The summed E-state index contributed by atoms with van der Waals surface area (Å²) in [7, 11) is 0. The lowest BCUT2D eigenvalue weighted by Crippen LogP contribution is -2.05. The molecule has 0 amide bonds. The van der Waals surface area contributed by atoms with E-state index in [-0.39, 0.29) is 11.5 Å². The number of aromatic nitrogens is 2. The molecular formula is C11H9FN2O2. The molecule has 1 N–H and O–H groups in total. The highest BCUT2D eigenvalue weighted by Crippen LogP contribution is 2.24. The van der Waals surface area contributed by atoms with E-state index in [4.69, 9.17) is 4.74 Å². The van der Waals surface area contributed by atoms with Crippen LogP contribution in [0.3, 0.4) is 0 Å². The first-order chi connectivity index (χ1) is 7.66. The minimum absolute atomic E-state index is 0.0763. The van der Waals surface area contributed by atoms with Crippen molar-refractivity contribution in [3.05, 3.63) is 52.2 Å². The van der Waals surface area contributed by atoms with Crippen molar-refractivity contribution in [2.24, 2.45) is 0 Å². The van der Waals surface area contributed by atoms with Gasteiger partial charge < -0.3 is 4.74 Å². The largest absolute Gasteiger partial charge is 0.452 e. The van der Waals surface area contributed by atoms with E-state index in [1.54, 1.807) is 19.1 Å². The number of benzene rings is 1. The predicted octanol–water partition coefficient (Wildman–Crippen LogP) is 2.01. The van der Waals surface area contributed by atoms with Crippen LogP contribution in [0.2, 0.25) is 0 Å². The molecule has 16 heavy (non-hydrogen) atoms.